The molecular weight excluding hydrogens is 307 g/mol. The SMILES string of the molecule is Cc1cccc2c1CN(C(C=O)CCC(=O)N(C)SF)C2=O. The molecule has 0 saturated carbocycles. The minimum Gasteiger partial charge on any atom is -0.325 e. The summed E-state index contributed by atoms with van der Waals surface area (Å²) in [5, 5.41) is 0. The minimum absolute atomic E-state index is 0.00986. The number of fused-ring (bicyclic) bond motifs is 1. The molecule has 1 aliphatic rings. The zero-order valence-electron chi connectivity index (χ0n) is 12.4. The number of aryl methyl sites for hydroxylation is 1. The molecule has 1 aromatic rings. The normalized spacial score (nSPS) is 14.7. The Kier molecular flexibility index (Phi) is 5.18. The Morgan fingerprint density at radius 3 is 2.86 bits per heavy atom. The average Bonchev–Trinajstić information content (AvgIpc) is 2.86. The molecule has 1 aliphatic heterocycles. The molecular formula is C15H17FN2O3S. The first-order chi connectivity index (χ1) is 10.5. The number of aldehydes is 1. The highest BCUT2D eigenvalue weighted by molar-refractivity contribution is 7.92. The van der Waals surface area contributed by atoms with E-state index in [0.717, 1.165) is 15.4 Å². The van der Waals surface area contributed by atoms with Crippen LogP contribution in [-0.2, 0) is 16.1 Å². The summed E-state index contributed by atoms with van der Waals surface area (Å²) in [5.74, 6) is -0.615. The van der Waals surface area contributed by atoms with Crippen molar-refractivity contribution < 1.29 is 18.3 Å². The largest absolute Gasteiger partial charge is 0.325 e. The second-order valence-corrected chi connectivity index (χ2v) is 5.92. The molecule has 1 unspecified atom stereocenters. The maximum absolute atomic E-state index is 12.4. The van der Waals surface area contributed by atoms with E-state index in [9.17, 15) is 18.3 Å². The predicted molar refractivity (Wildman–Crippen MR) is 81.6 cm³/mol. The van der Waals surface area contributed by atoms with E-state index in [4.69, 9.17) is 0 Å². The van der Waals surface area contributed by atoms with Crippen LogP contribution in [0.1, 0.15) is 34.3 Å². The van der Waals surface area contributed by atoms with Crippen molar-refractivity contribution in [3.63, 3.8) is 0 Å². The summed E-state index contributed by atoms with van der Waals surface area (Å²) in [7, 11) is 1.32. The standard InChI is InChI=1S/C15H17FN2O3S/c1-10-4-3-5-12-13(10)8-18(15(12)21)11(9-19)6-7-14(20)17(2)22-16/h3-5,9,11H,6-8H2,1-2H3. The third-order valence-corrected chi connectivity index (χ3v) is 4.31. The second-order valence-electron chi connectivity index (χ2n) is 5.24. The van der Waals surface area contributed by atoms with Crippen LogP contribution >= 0.6 is 12.3 Å². The molecule has 0 bridgehead atoms. The summed E-state index contributed by atoms with van der Waals surface area (Å²) in [5.41, 5.74) is 2.53. The summed E-state index contributed by atoms with van der Waals surface area (Å²) in [6.07, 6.45) is 0.872. The maximum Gasteiger partial charge on any atom is 0.255 e. The van der Waals surface area contributed by atoms with E-state index in [0.29, 0.717) is 18.4 Å². The van der Waals surface area contributed by atoms with Crippen LogP contribution in [0.3, 0.4) is 0 Å². The number of carbonyl (C=O) groups excluding carboxylic acids is 3. The Bertz CT molecular complexity index is 608. The van der Waals surface area contributed by atoms with Gasteiger partial charge in [0.05, 0.1) is 6.04 Å². The van der Waals surface area contributed by atoms with Gasteiger partial charge in [0.25, 0.3) is 5.91 Å². The predicted octanol–water partition coefficient (Wildman–Crippen LogP) is 2.29. The van der Waals surface area contributed by atoms with Crippen LogP contribution in [0, 0.1) is 6.92 Å². The fourth-order valence-corrected chi connectivity index (χ4v) is 2.71. The van der Waals surface area contributed by atoms with Crippen molar-refractivity contribution in [2.45, 2.75) is 32.4 Å². The van der Waals surface area contributed by atoms with Crippen LogP contribution in [0.4, 0.5) is 3.89 Å². The van der Waals surface area contributed by atoms with Gasteiger partial charge in [-0.25, -0.2) is 0 Å². The lowest BCUT2D eigenvalue weighted by Crippen LogP contribution is -2.37. The number of nitrogens with zero attached hydrogens (tertiary/aromatic N) is 2. The Balaban J connectivity index is 2.07. The van der Waals surface area contributed by atoms with E-state index in [-0.39, 0.29) is 31.1 Å². The van der Waals surface area contributed by atoms with Gasteiger partial charge in [0, 0.05) is 25.6 Å². The molecule has 0 aromatic heterocycles. The van der Waals surface area contributed by atoms with E-state index < -0.39 is 11.9 Å². The van der Waals surface area contributed by atoms with Crippen molar-refractivity contribution in [3.05, 3.63) is 34.9 Å². The maximum atomic E-state index is 12.4. The highest BCUT2D eigenvalue weighted by atomic mass is 32.2. The van der Waals surface area contributed by atoms with Gasteiger partial charge in [-0.2, -0.15) is 0 Å². The van der Waals surface area contributed by atoms with Gasteiger partial charge in [-0.3, -0.25) is 13.9 Å². The number of halogens is 1. The van der Waals surface area contributed by atoms with E-state index in [1.54, 1.807) is 6.07 Å². The summed E-state index contributed by atoms with van der Waals surface area (Å²) in [4.78, 5) is 36.8. The molecule has 5 nitrogen and oxygen atoms in total. The second kappa shape index (κ2) is 6.91. The first-order valence-electron chi connectivity index (χ1n) is 6.89. The highest BCUT2D eigenvalue weighted by Gasteiger charge is 2.33. The van der Waals surface area contributed by atoms with Gasteiger partial charge >= 0.3 is 0 Å². The number of hydrogen-bond acceptors (Lipinski definition) is 4. The van der Waals surface area contributed by atoms with Gasteiger partial charge in [-0.15, -0.1) is 3.89 Å². The molecule has 1 aromatic carbocycles. The lowest BCUT2D eigenvalue weighted by atomic mass is 10.1. The van der Waals surface area contributed by atoms with E-state index in [1.807, 2.05) is 19.1 Å². The Morgan fingerprint density at radius 1 is 1.55 bits per heavy atom. The monoisotopic (exact) mass is 324 g/mol. The minimum atomic E-state index is -0.679. The van der Waals surface area contributed by atoms with Gasteiger partial charge in [0.2, 0.25) is 5.91 Å². The summed E-state index contributed by atoms with van der Waals surface area (Å²) in [6.45, 7) is 2.29. The molecule has 0 saturated heterocycles. The summed E-state index contributed by atoms with van der Waals surface area (Å²) < 4.78 is 13.2. The highest BCUT2D eigenvalue weighted by Crippen LogP contribution is 2.28. The van der Waals surface area contributed by atoms with Crippen LogP contribution in [-0.4, -0.2) is 40.4 Å². The lowest BCUT2D eigenvalue weighted by molar-refractivity contribution is -0.125. The third kappa shape index (κ3) is 3.14. The van der Waals surface area contributed by atoms with E-state index in [2.05, 4.69) is 0 Å². The number of amides is 2. The number of rotatable bonds is 6. The molecule has 118 valence electrons. The quantitative estimate of drug-likeness (QED) is 0.595. The van der Waals surface area contributed by atoms with Crippen molar-refractivity contribution >= 4 is 30.4 Å². The number of hydrogen-bond donors (Lipinski definition) is 0. The van der Waals surface area contributed by atoms with Gasteiger partial charge in [0.1, 0.15) is 6.29 Å². The zero-order valence-corrected chi connectivity index (χ0v) is 13.2. The van der Waals surface area contributed by atoms with Gasteiger partial charge < -0.3 is 9.69 Å². The van der Waals surface area contributed by atoms with Gasteiger partial charge in [-0.1, -0.05) is 12.1 Å². The molecule has 1 atom stereocenters. The fourth-order valence-electron chi connectivity index (χ4n) is 2.54. The molecule has 7 heteroatoms. The first-order valence-corrected chi connectivity index (χ1v) is 7.57. The van der Waals surface area contributed by atoms with Crippen molar-refractivity contribution in [1.82, 2.24) is 9.21 Å². The zero-order chi connectivity index (χ0) is 16.3. The van der Waals surface area contributed by atoms with Crippen molar-refractivity contribution in [2.24, 2.45) is 0 Å². The Morgan fingerprint density at radius 2 is 2.27 bits per heavy atom. The lowest BCUT2D eigenvalue weighted by Gasteiger charge is -2.23. The Hall–Kier alpha value is -1.89. The summed E-state index contributed by atoms with van der Waals surface area (Å²) >= 11 is -0.168. The van der Waals surface area contributed by atoms with Crippen LogP contribution in [0.5, 0.6) is 0 Å². The van der Waals surface area contributed by atoms with Crippen molar-refractivity contribution in [2.75, 3.05) is 7.05 Å². The van der Waals surface area contributed by atoms with E-state index >= 15 is 0 Å². The first kappa shape index (κ1) is 16.5. The smallest absolute Gasteiger partial charge is 0.255 e. The van der Waals surface area contributed by atoms with Crippen LogP contribution in [0.2, 0.25) is 0 Å². The van der Waals surface area contributed by atoms with Gasteiger partial charge in [-0.05, 0) is 30.5 Å². The number of benzene rings is 1. The Labute approximate surface area is 132 Å². The molecule has 2 amide bonds. The van der Waals surface area contributed by atoms with Crippen molar-refractivity contribution in [1.29, 1.82) is 0 Å². The van der Waals surface area contributed by atoms with Gasteiger partial charge in [0.15, 0.2) is 12.3 Å². The molecule has 0 aliphatic carbocycles. The topological polar surface area (TPSA) is 57.7 Å². The van der Waals surface area contributed by atoms with E-state index in [1.165, 1.54) is 11.9 Å². The molecule has 2 rings (SSSR count). The molecule has 0 N–H and O–H groups in total. The fraction of sp³-hybridized carbons (Fsp3) is 0.400. The third-order valence-electron chi connectivity index (χ3n) is 3.90. The molecule has 0 spiro atoms. The number of carbonyl (C=O) groups is 3. The van der Waals surface area contributed by atoms with Crippen LogP contribution in [0.25, 0.3) is 0 Å². The van der Waals surface area contributed by atoms with Crippen LogP contribution in [0.15, 0.2) is 18.2 Å². The average molecular weight is 324 g/mol. The van der Waals surface area contributed by atoms with Crippen LogP contribution < -0.4 is 0 Å². The van der Waals surface area contributed by atoms with Crippen molar-refractivity contribution in [3.8, 4) is 0 Å². The molecule has 1 heterocycles. The molecule has 0 radical (unpaired) electrons. The molecule has 22 heavy (non-hydrogen) atoms. The molecule has 0 fully saturated rings. The summed E-state index contributed by atoms with van der Waals surface area (Å²) in [6, 6.07) is 4.79.